The van der Waals surface area contributed by atoms with Crippen molar-refractivity contribution in [2.75, 3.05) is 10.6 Å². The van der Waals surface area contributed by atoms with E-state index in [1.807, 2.05) is 92.7 Å². The molecule has 0 fully saturated rings. The molecule has 0 radical (unpaired) electrons. The summed E-state index contributed by atoms with van der Waals surface area (Å²) >= 11 is 6.14. The van der Waals surface area contributed by atoms with E-state index in [4.69, 9.17) is 21.7 Å². The Morgan fingerprint density at radius 3 is 2.36 bits per heavy atom. The van der Waals surface area contributed by atoms with E-state index in [9.17, 15) is 4.79 Å². The predicted octanol–water partition coefficient (Wildman–Crippen LogP) is 5.83. The number of aromatic nitrogens is 3. The molecular formula is C26H22ClN5O. The van der Waals surface area contributed by atoms with Crippen molar-refractivity contribution in [2.24, 2.45) is 0 Å². The number of carbonyl (C=O) groups is 1. The Kier molecular flexibility index (Phi) is 5.44. The molecule has 0 spiro atoms. The van der Waals surface area contributed by atoms with Gasteiger partial charge in [-0.2, -0.15) is 4.98 Å². The quantitative estimate of drug-likeness (QED) is 0.406. The van der Waals surface area contributed by atoms with Gasteiger partial charge in [0.25, 0.3) is 5.91 Å². The third kappa shape index (κ3) is 4.13. The van der Waals surface area contributed by atoms with E-state index in [1.54, 1.807) is 4.68 Å². The molecule has 2 N–H and O–H groups in total. The number of aryl methyl sites for hydroxylation is 1. The van der Waals surface area contributed by atoms with Crippen LogP contribution in [0.5, 0.6) is 0 Å². The fourth-order valence-electron chi connectivity index (χ4n) is 3.94. The molecule has 0 saturated carbocycles. The zero-order valence-electron chi connectivity index (χ0n) is 18.2. The van der Waals surface area contributed by atoms with Crippen molar-refractivity contribution >= 4 is 29.1 Å². The molecule has 33 heavy (non-hydrogen) atoms. The van der Waals surface area contributed by atoms with Gasteiger partial charge in [-0.05, 0) is 43.7 Å². The first kappa shape index (κ1) is 21.0. The van der Waals surface area contributed by atoms with E-state index < -0.39 is 6.04 Å². The molecule has 4 aromatic rings. The van der Waals surface area contributed by atoms with Crippen LogP contribution < -0.4 is 10.6 Å². The Morgan fingerprint density at radius 1 is 0.970 bits per heavy atom. The van der Waals surface area contributed by atoms with Crippen LogP contribution in [-0.2, 0) is 4.79 Å². The van der Waals surface area contributed by atoms with Crippen LogP contribution in [0.4, 0.5) is 11.6 Å². The van der Waals surface area contributed by atoms with Crippen LogP contribution in [0, 0.1) is 6.92 Å². The molecular weight excluding hydrogens is 434 g/mol. The zero-order chi connectivity index (χ0) is 22.9. The van der Waals surface area contributed by atoms with Crippen LogP contribution in [0.2, 0.25) is 5.02 Å². The minimum absolute atomic E-state index is 0.204. The summed E-state index contributed by atoms with van der Waals surface area (Å²) in [6.07, 6.45) is 0. The Morgan fingerprint density at radius 2 is 1.67 bits per heavy atom. The number of amides is 1. The number of rotatable bonds is 4. The second-order valence-corrected chi connectivity index (χ2v) is 8.44. The van der Waals surface area contributed by atoms with Crippen LogP contribution in [0.25, 0.3) is 11.4 Å². The first-order chi connectivity index (χ1) is 16.0. The Labute approximate surface area is 196 Å². The lowest BCUT2D eigenvalue weighted by Gasteiger charge is -2.28. The van der Waals surface area contributed by atoms with Crippen LogP contribution in [0.15, 0.2) is 90.1 Å². The Bertz CT molecular complexity index is 1340. The number of hydrogen-bond donors (Lipinski definition) is 2. The molecule has 2 heterocycles. The molecule has 1 aliphatic rings. The van der Waals surface area contributed by atoms with Gasteiger partial charge in [0, 0.05) is 22.0 Å². The van der Waals surface area contributed by atoms with E-state index in [0.717, 1.165) is 28.1 Å². The fourth-order valence-corrected chi connectivity index (χ4v) is 4.07. The molecule has 6 nitrogen and oxygen atoms in total. The van der Waals surface area contributed by atoms with Gasteiger partial charge in [-0.15, -0.1) is 5.10 Å². The number of halogens is 1. The highest BCUT2D eigenvalue weighted by molar-refractivity contribution is 6.30. The van der Waals surface area contributed by atoms with Crippen molar-refractivity contribution in [3.8, 4) is 11.4 Å². The number of benzene rings is 3. The van der Waals surface area contributed by atoms with Gasteiger partial charge in [0.15, 0.2) is 5.82 Å². The molecule has 1 amide bonds. The van der Waals surface area contributed by atoms with Gasteiger partial charge in [0.1, 0.15) is 6.04 Å². The van der Waals surface area contributed by atoms with Crippen LogP contribution in [0.3, 0.4) is 0 Å². The van der Waals surface area contributed by atoms with Gasteiger partial charge in [0.2, 0.25) is 5.95 Å². The average molecular weight is 456 g/mol. The molecule has 1 aromatic heterocycles. The van der Waals surface area contributed by atoms with Gasteiger partial charge in [-0.1, -0.05) is 71.8 Å². The lowest BCUT2D eigenvalue weighted by molar-refractivity contribution is -0.113. The Hall–Kier alpha value is -3.90. The first-order valence-electron chi connectivity index (χ1n) is 10.6. The molecule has 164 valence electrons. The maximum Gasteiger partial charge on any atom is 0.255 e. The van der Waals surface area contributed by atoms with Gasteiger partial charge >= 0.3 is 0 Å². The summed E-state index contributed by atoms with van der Waals surface area (Å²) in [5, 5.41) is 11.7. The van der Waals surface area contributed by atoms with Crippen molar-refractivity contribution in [2.45, 2.75) is 19.9 Å². The average Bonchev–Trinajstić information content (AvgIpc) is 3.23. The van der Waals surface area contributed by atoms with Crippen LogP contribution in [0.1, 0.15) is 24.1 Å². The summed E-state index contributed by atoms with van der Waals surface area (Å²) in [5.41, 5.74) is 4.97. The third-order valence-electron chi connectivity index (χ3n) is 5.62. The third-order valence-corrected chi connectivity index (χ3v) is 5.88. The number of allylic oxidation sites excluding steroid dienone is 1. The summed E-state index contributed by atoms with van der Waals surface area (Å²) in [7, 11) is 0. The van der Waals surface area contributed by atoms with Crippen molar-refractivity contribution in [1.29, 1.82) is 0 Å². The molecule has 3 aromatic carbocycles. The van der Waals surface area contributed by atoms with Crippen LogP contribution >= 0.6 is 11.6 Å². The summed E-state index contributed by atoms with van der Waals surface area (Å²) in [5.74, 6) is 0.970. The van der Waals surface area contributed by atoms with Gasteiger partial charge in [-0.25, -0.2) is 4.68 Å². The number of nitrogens with one attached hydrogen (secondary N) is 2. The second kappa shape index (κ2) is 8.56. The number of para-hydroxylation sites is 1. The summed E-state index contributed by atoms with van der Waals surface area (Å²) in [4.78, 5) is 18.2. The lowest BCUT2D eigenvalue weighted by atomic mass is 9.95. The van der Waals surface area contributed by atoms with Crippen molar-refractivity contribution in [1.82, 2.24) is 14.8 Å². The van der Waals surface area contributed by atoms with E-state index in [0.29, 0.717) is 22.4 Å². The topological polar surface area (TPSA) is 71.8 Å². The maximum absolute atomic E-state index is 13.5. The van der Waals surface area contributed by atoms with Crippen molar-refractivity contribution < 1.29 is 4.79 Å². The standard InChI is InChI=1S/C26H22ClN5O/c1-16-8-10-19(11-9-16)24-30-26-28-17(2)22(25(33)29-21-6-4-3-5-7-21)23(32(26)31-24)18-12-14-20(27)15-13-18/h3-15,23H,1-2H3,(H,29,33)(H,28,30,31). The Balaban J connectivity index is 1.60. The van der Waals surface area contributed by atoms with Crippen LogP contribution in [-0.4, -0.2) is 20.7 Å². The largest absolute Gasteiger partial charge is 0.328 e. The lowest BCUT2D eigenvalue weighted by Crippen LogP contribution is -2.31. The molecule has 7 heteroatoms. The second-order valence-electron chi connectivity index (χ2n) is 8.01. The van der Waals surface area contributed by atoms with Gasteiger partial charge in [-0.3, -0.25) is 4.79 Å². The number of nitrogens with zero attached hydrogens (tertiary/aromatic N) is 3. The molecule has 1 unspecified atom stereocenters. The van der Waals surface area contributed by atoms with Gasteiger partial charge in [0.05, 0.1) is 5.57 Å². The number of fused-ring (bicyclic) bond motifs is 1. The molecule has 1 aliphatic heterocycles. The zero-order valence-corrected chi connectivity index (χ0v) is 19.0. The summed E-state index contributed by atoms with van der Waals surface area (Å²) < 4.78 is 1.77. The van der Waals surface area contributed by atoms with E-state index >= 15 is 0 Å². The maximum atomic E-state index is 13.5. The molecule has 1 atom stereocenters. The minimum atomic E-state index is -0.464. The highest BCUT2D eigenvalue weighted by Crippen LogP contribution is 2.37. The minimum Gasteiger partial charge on any atom is -0.328 e. The van der Waals surface area contributed by atoms with E-state index in [1.165, 1.54) is 0 Å². The molecule has 0 bridgehead atoms. The number of carbonyl (C=O) groups excluding carboxylic acids is 1. The predicted molar refractivity (Wildman–Crippen MR) is 131 cm³/mol. The van der Waals surface area contributed by atoms with Crippen molar-refractivity contribution in [3.63, 3.8) is 0 Å². The smallest absolute Gasteiger partial charge is 0.255 e. The first-order valence-corrected chi connectivity index (χ1v) is 11.0. The summed E-state index contributed by atoms with van der Waals surface area (Å²) in [6.45, 7) is 3.92. The van der Waals surface area contributed by atoms with Crippen molar-refractivity contribution in [3.05, 3.63) is 106 Å². The monoisotopic (exact) mass is 455 g/mol. The number of anilines is 2. The van der Waals surface area contributed by atoms with Gasteiger partial charge < -0.3 is 10.6 Å². The highest BCUT2D eigenvalue weighted by Gasteiger charge is 2.34. The SMILES string of the molecule is CC1=C(C(=O)Nc2ccccc2)C(c2ccc(Cl)cc2)n2nc(-c3ccc(C)cc3)nc2N1. The highest BCUT2D eigenvalue weighted by atomic mass is 35.5. The molecule has 0 saturated heterocycles. The fraction of sp³-hybridized carbons (Fsp3) is 0.115. The molecule has 5 rings (SSSR count). The molecule has 0 aliphatic carbocycles. The summed E-state index contributed by atoms with van der Waals surface area (Å²) in [6, 6.07) is 24.5. The van der Waals surface area contributed by atoms with E-state index in [-0.39, 0.29) is 5.91 Å². The number of hydrogen-bond acceptors (Lipinski definition) is 4. The normalized spacial score (nSPS) is 15.1. The van der Waals surface area contributed by atoms with E-state index in [2.05, 4.69) is 10.6 Å².